The molecule has 2 amide bonds. The zero-order valence-corrected chi connectivity index (χ0v) is 19.4. The zero-order chi connectivity index (χ0) is 23.9. The Morgan fingerprint density at radius 3 is 2.44 bits per heavy atom. The molecule has 2 aromatic carbocycles. The molecule has 0 atom stereocenters. The van der Waals surface area contributed by atoms with E-state index in [1.165, 1.54) is 0 Å². The number of piperidine rings is 1. The molecule has 0 radical (unpaired) electrons. The summed E-state index contributed by atoms with van der Waals surface area (Å²) in [5.74, 6) is 1.83. The van der Waals surface area contributed by atoms with Gasteiger partial charge in [0, 0.05) is 42.0 Å². The first-order valence-corrected chi connectivity index (χ1v) is 11.3. The van der Waals surface area contributed by atoms with Crippen molar-refractivity contribution in [1.29, 1.82) is 0 Å². The highest BCUT2D eigenvalue weighted by Gasteiger charge is 2.25. The first kappa shape index (κ1) is 23.2. The molecule has 0 aliphatic carbocycles. The predicted molar refractivity (Wildman–Crippen MR) is 128 cm³/mol. The van der Waals surface area contributed by atoms with Crippen molar-refractivity contribution in [3.63, 3.8) is 0 Å². The minimum atomic E-state index is -0.243. The molecule has 1 aliphatic heterocycles. The number of carbonyl (C=O) groups is 2. The summed E-state index contributed by atoms with van der Waals surface area (Å²) in [5.41, 5.74) is 2.36. The minimum Gasteiger partial charge on any atom is -0.493 e. The number of likely N-dealkylation sites (tertiary alicyclic amines) is 1. The third-order valence-corrected chi connectivity index (χ3v) is 6.02. The number of hydrogen-bond acceptors (Lipinski definition) is 6. The topological polar surface area (TPSA) is 93.7 Å². The summed E-state index contributed by atoms with van der Waals surface area (Å²) in [6.45, 7) is 1.25. The summed E-state index contributed by atoms with van der Waals surface area (Å²) in [7, 11) is 3.20. The second kappa shape index (κ2) is 10.8. The van der Waals surface area contributed by atoms with E-state index in [2.05, 4.69) is 10.3 Å². The molecule has 2 heterocycles. The van der Waals surface area contributed by atoms with Gasteiger partial charge in [-0.2, -0.15) is 0 Å². The van der Waals surface area contributed by atoms with E-state index in [1.54, 1.807) is 49.6 Å². The van der Waals surface area contributed by atoms with Crippen LogP contribution in [0.3, 0.4) is 0 Å². The maximum Gasteiger partial charge on any atom is 0.251 e. The van der Waals surface area contributed by atoms with Crippen molar-refractivity contribution >= 4 is 11.8 Å². The molecular formula is C26H28N4O4. The summed E-state index contributed by atoms with van der Waals surface area (Å²) in [6.07, 6.45) is 3.38. The van der Waals surface area contributed by atoms with Gasteiger partial charge in [0.25, 0.3) is 5.91 Å². The maximum atomic E-state index is 12.6. The van der Waals surface area contributed by atoms with E-state index in [0.717, 1.165) is 24.1 Å². The van der Waals surface area contributed by atoms with Gasteiger partial charge in [-0.05, 0) is 49.2 Å². The summed E-state index contributed by atoms with van der Waals surface area (Å²) >= 11 is 0. The van der Waals surface area contributed by atoms with E-state index < -0.39 is 0 Å². The van der Waals surface area contributed by atoms with Gasteiger partial charge in [-0.3, -0.25) is 9.59 Å². The van der Waals surface area contributed by atoms with Crippen molar-refractivity contribution in [2.45, 2.75) is 18.8 Å². The Labute approximate surface area is 198 Å². The second-order valence-corrected chi connectivity index (χ2v) is 8.08. The Morgan fingerprint density at radius 1 is 1.00 bits per heavy atom. The highest BCUT2D eigenvalue weighted by atomic mass is 16.5. The van der Waals surface area contributed by atoms with Crippen LogP contribution >= 0.6 is 0 Å². The van der Waals surface area contributed by atoms with Crippen LogP contribution in [0.25, 0.3) is 11.4 Å². The van der Waals surface area contributed by atoms with Crippen LogP contribution in [0.15, 0.2) is 60.8 Å². The Balaban J connectivity index is 1.34. The molecule has 1 aromatic heterocycles. The molecule has 8 nitrogen and oxygen atoms in total. The van der Waals surface area contributed by atoms with Gasteiger partial charge >= 0.3 is 0 Å². The number of carbonyl (C=O) groups excluding carboxylic acids is 2. The third-order valence-electron chi connectivity index (χ3n) is 6.02. The fourth-order valence-corrected chi connectivity index (χ4v) is 4.10. The molecular weight excluding hydrogens is 432 g/mol. The average molecular weight is 461 g/mol. The average Bonchev–Trinajstić information content (AvgIpc) is 2.91. The SMILES string of the molecule is COc1ccc(-c2nccc(C3CCN(C(=O)CNC(=O)c4ccccc4)CC3)n2)cc1OC. The summed E-state index contributed by atoms with van der Waals surface area (Å²) in [4.78, 5) is 35.8. The lowest BCUT2D eigenvalue weighted by atomic mass is 9.93. The molecule has 1 aliphatic rings. The molecule has 3 aromatic rings. The van der Waals surface area contributed by atoms with Crippen molar-refractivity contribution in [3.05, 3.63) is 72.1 Å². The maximum absolute atomic E-state index is 12.6. The number of methoxy groups -OCH3 is 2. The molecule has 0 spiro atoms. The van der Waals surface area contributed by atoms with Crippen LogP contribution in [-0.4, -0.2) is 60.5 Å². The fraction of sp³-hybridized carbons (Fsp3) is 0.308. The van der Waals surface area contributed by atoms with Crippen LogP contribution in [-0.2, 0) is 4.79 Å². The zero-order valence-electron chi connectivity index (χ0n) is 19.4. The molecule has 0 unspecified atom stereocenters. The van der Waals surface area contributed by atoms with Crippen LogP contribution in [0.1, 0.15) is 34.8 Å². The van der Waals surface area contributed by atoms with Crippen molar-refractivity contribution < 1.29 is 19.1 Å². The van der Waals surface area contributed by atoms with Crippen molar-refractivity contribution in [2.75, 3.05) is 33.9 Å². The molecule has 176 valence electrons. The summed E-state index contributed by atoms with van der Waals surface area (Å²) < 4.78 is 10.7. The first-order chi connectivity index (χ1) is 16.6. The first-order valence-electron chi connectivity index (χ1n) is 11.3. The monoisotopic (exact) mass is 460 g/mol. The van der Waals surface area contributed by atoms with Gasteiger partial charge in [0.05, 0.1) is 20.8 Å². The van der Waals surface area contributed by atoms with Crippen LogP contribution in [0.5, 0.6) is 11.5 Å². The van der Waals surface area contributed by atoms with Crippen molar-refractivity contribution in [3.8, 4) is 22.9 Å². The highest BCUT2D eigenvalue weighted by molar-refractivity contribution is 5.96. The number of benzene rings is 2. The number of amides is 2. The fourth-order valence-electron chi connectivity index (χ4n) is 4.10. The van der Waals surface area contributed by atoms with E-state index >= 15 is 0 Å². The number of rotatable bonds is 7. The van der Waals surface area contributed by atoms with Crippen LogP contribution in [0, 0.1) is 0 Å². The highest BCUT2D eigenvalue weighted by Crippen LogP contribution is 2.32. The molecule has 1 fully saturated rings. The van der Waals surface area contributed by atoms with Crippen molar-refractivity contribution in [1.82, 2.24) is 20.2 Å². The molecule has 0 bridgehead atoms. The summed E-state index contributed by atoms with van der Waals surface area (Å²) in [5, 5.41) is 2.71. The Morgan fingerprint density at radius 2 is 1.74 bits per heavy atom. The van der Waals surface area contributed by atoms with E-state index in [-0.39, 0.29) is 24.3 Å². The molecule has 1 N–H and O–H groups in total. The van der Waals surface area contributed by atoms with Crippen LogP contribution in [0.4, 0.5) is 0 Å². The predicted octanol–water partition coefficient (Wildman–Crippen LogP) is 3.30. The van der Waals surface area contributed by atoms with Gasteiger partial charge < -0.3 is 19.7 Å². The van der Waals surface area contributed by atoms with Crippen LogP contribution < -0.4 is 14.8 Å². The largest absolute Gasteiger partial charge is 0.493 e. The smallest absolute Gasteiger partial charge is 0.251 e. The molecule has 8 heteroatoms. The molecule has 1 saturated heterocycles. The third kappa shape index (κ3) is 5.33. The number of nitrogens with zero attached hydrogens (tertiary/aromatic N) is 3. The minimum absolute atomic E-state index is 0.00461. The number of nitrogens with one attached hydrogen (secondary N) is 1. The lowest BCUT2D eigenvalue weighted by Crippen LogP contribution is -2.43. The molecule has 4 rings (SSSR count). The van der Waals surface area contributed by atoms with Gasteiger partial charge in [-0.15, -0.1) is 0 Å². The van der Waals surface area contributed by atoms with Crippen molar-refractivity contribution in [2.24, 2.45) is 0 Å². The van der Waals surface area contributed by atoms with Gasteiger partial charge in [-0.25, -0.2) is 9.97 Å². The van der Waals surface area contributed by atoms with Crippen LogP contribution in [0.2, 0.25) is 0 Å². The molecule has 0 saturated carbocycles. The lowest BCUT2D eigenvalue weighted by Gasteiger charge is -2.32. The van der Waals surface area contributed by atoms with Gasteiger partial charge in [-0.1, -0.05) is 18.2 Å². The Hall–Kier alpha value is -3.94. The number of aromatic nitrogens is 2. The van der Waals surface area contributed by atoms with Gasteiger partial charge in [0.2, 0.25) is 5.91 Å². The second-order valence-electron chi connectivity index (χ2n) is 8.08. The number of ether oxygens (including phenoxy) is 2. The van der Waals surface area contributed by atoms with E-state index in [4.69, 9.17) is 14.5 Å². The molecule has 34 heavy (non-hydrogen) atoms. The van der Waals surface area contributed by atoms with E-state index in [0.29, 0.717) is 36.0 Å². The van der Waals surface area contributed by atoms with E-state index in [1.807, 2.05) is 30.3 Å². The summed E-state index contributed by atoms with van der Waals surface area (Å²) in [6, 6.07) is 16.4. The quantitative estimate of drug-likeness (QED) is 0.582. The standard InChI is InChI=1S/C26H28N4O4/c1-33-22-9-8-20(16-23(22)34-2)25-27-13-10-21(29-25)18-11-14-30(15-12-18)24(31)17-28-26(32)19-6-4-3-5-7-19/h3-10,13,16,18H,11-12,14-15,17H2,1-2H3,(H,28,32). The van der Waals surface area contributed by atoms with Gasteiger partial charge in [0.1, 0.15) is 0 Å². The normalized spacial score (nSPS) is 13.9. The number of hydrogen-bond donors (Lipinski definition) is 1. The lowest BCUT2D eigenvalue weighted by molar-refractivity contribution is -0.131. The Kier molecular flexibility index (Phi) is 7.37. The van der Waals surface area contributed by atoms with Gasteiger partial charge in [0.15, 0.2) is 17.3 Å². The van der Waals surface area contributed by atoms with E-state index in [9.17, 15) is 9.59 Å². The Bertz CT molecular complexity index is 1140.